The van der Waals surface area contributed by atoms with E-state index in [4.69, 9.17) is 4.74 Å². The molecule has 0 saturated carbocycles. The number of anilines is 2. The van der Waals surface area contributed by atoms with Crippen LogP contribution < -0.4 is 19.7 Å². The molecular formula is C20H25N3O4S. The van der Waals surface area contributed by atoms with Crippen LogP contribution in [0.15, 0.2) is 42.5 Å². The van der Waals surface area contributed by atoms with Crippen LogP contribution in [0.2, 0.25) is 0 Å². The van der Waals surface area contributed by atoms with Crippen LogP contribution in [-0.2, 0) is 23.0 Å². The number of fused-ring (bicyclic) bond motifs is 1. The molecule has 150 valence electrons. The van der Waals surface area contributed by atoms with Gasteiger partial charge in [-0.25, -0.2) is 13.2 Å². The Morgan fingerprint density at radius 2 is 2.04 bits per heavy atom. The SMILES string of the molecule is CCCS(=O)(=O)N1CCc2ccc(NC(=O)NCc3cccc(OC)c3)cc21. The smallest absolute Gasteiger partial charge is 0.319 e. The maximum Gasteiger partial charge on any atom is 0.319 e. The number of sulfonamides is 1. The van der Waals surface area contributed by atoms with Crippen molar-refractivity contribution in [1.82, 2.24) is 5.32 Å². The minimum Gasteiger partial charge on any atom is -0.497 e. The van der Waals surface area contributed by atoms with E-state index >= 15 is 0 Å². The maximum atomic E-state index is 12.5. The van der Waals surface area contributed by atoms with E-state index in [0.29, 0.717) is 37.3 Å². The Kier molecular flexibility index (Phi) is 6.08. The van der Waals surface area contributed by atoms with E-state index < -0.39 is 10.0 Å². The molecule has 0 saturated heterocycles. The summed E-state index contributed by atoms with van der Waals surface area (Å²) in [5, 5.41) is 5.56. The monoisotopic (exact) mass is 403 g/mol. The first-order valence-electron chi connectivity index (χ1n) is 9.24. The van der Waals surface area contributed by atoms with Crippen LogP contribution in [0.5, 0.6) is 5.75 Å². The van der Waals surface area contributed by atoms with Crippen molar-refractivity contribution in [2.45, 2.75) is 26.3 Å². The highest BCUT2D eigenvalue weighted by Crippen LogP contribution is 2.33. The zero-order valence-electron chi connectivity index (χ0n) is 16.1. The van der Waals surface area contributed by atoms with Crippen LogP contribution in [0.3, 0.4) is 0 Å². The second kappa shape index (κ2) is 8.52. The molecule has 2 aromatic rings. The standard InChI is InChI=1S/C20H25N3O4S/c1-3-11-28(25,26)23-10-9-16-7-8-17(13-19(16)23)22-20(24)21-14-15-5-4-6-18(12-15)27-2/h4-8,12-13H,3,9-11,14H2,1-2H3,(H2,21,22,24). The van der Waals surface area contributed by atoms with Gasteiger partial charge in [-0.1, -0.05) is 25.1 Å². The Bertz CT molecular complexity index is 960. The Labute approximate surface area is 165 Å². The summed E-state index contributed by atoms with van der Waals surface area (Å²) in [5.74, 6) is 0.845. The average molecular weight is 404 g/mol. The number of hydrogen-bond acceptors (Lipinski definition) is 4. The molecule has 7 nitrogen and oxygen atoms in total. The van der Waals surface area contributed by atoms with Gasteiger partial charge >= 0.3 is 6.03 Å². The maximum absolute atomic E-state index is 12.5. The molecule has 0 radical (unpaired) electrons. The molecule has 1 aliphatic rings. The molecule has 28 heavy (non-hydrogen) atoms. The number of nitrogens with zero attached hydrogens (tertiary/aromatic N) is 1. The molecule has 3 rings (SSSR count). The number of hydrogen-bond donors (Lipinski definition) is 2. The van der Waals surface area contributed by atoms with Crippen molar-refractivity contribution in [1.29, 1.82) is 0 Å². The van der Waals surface area contributed by atoms with Crippen LogP contribution in [0.25, 0.3) is 0 Å². The average Bonchev–Trinajstić information content (AvgIpc) is 3.11. The number of rotatable bonds is 7. The summed E-state index contributed by atoms with van der Waals surface area (Å²) in [6, 6.07) is 12.5. The van der Waals surface area contributed by atoms with E-state index in [2.05, 4.69) is 10.6 Å². The fraction of sp³-hybridized carbons (Fsp3) is 0.350. The fourth-order valence-corrected chi connectivity index (χ4v) is 4.80. The predicted molar refractivity (Wildman–Crippen MR) is 110 cm³/mol. The molecule has 0 fully saturated rings. The summed E-state index contributed by atoms with van der Waals surface area (Å²) in [6.07, 6.45) is 1.25. The topological polar surface area (TPSA) is 87.7 Å². The summed E-state index contributed by atoms with van der Waals surface area (Å²) in [5.41, 5.74) is 3.10. The number of carbonyl (C=O) groups excluding carboxylic acids is 1. The number of benzene rings is 2. The Balaban J connectivity index is 1.66. The number of amides is 2. The number of nitrogens with one attached hydrogen (secondary N) is 2. The second-order valence-corrected chi connectivity index (χ2v) is 8.65. The van der Waals surface area contributed by atoms with Crippen LogP contribution >= 0.6 is 0 Å². The first-order valence-corrected chi connectivity index (χ1v) is 10.8. The zero-order valence-corrected chi connectivity index (χ0v) is 16.9. The van der Waals surface area contributed by atoms with Gasteiger partial charge in [0.2, 0.25) is 10.0 Å². The third-order valence-electron chi connectivity index (χ3n) is 4.58. The third kappa shape index (κ3) is 4.56. The summed E-state index contributed by atoms with van der Waals surface area (Å²) < 4.78 is 31.5. The summed E-state index contributed by atoms with van der Waals surface area (Å²) in [4.78, 5) is 12.2. The molecule has 0 atom stereocenters. The first-order chi connectivity index (χ1) is 13.4. The number of ether oxygens (including phenoxy) is 1. The van der Waals surface area contributed by atoms with Crippen LogP contribution in [-0.4, -0.2) is 33.9 Å². The number of carbonyl (C=O) groups is 1. The molecule has 8 heteroatoms. The lowest BCUT2D eigenvalue weighted by Crippen LogP contribution is -2.31. The van der Waals surface area contributed by atoms with Gasteiger partial charge in [-0.05, 0) is 48.2 Å². The highest BCUT2D eigenvalue weighted by atomic mass is 32.2. The molecule has 1 aliphatic heterocycles. The lowest BCUT2D eigenvalue weighted by molar-refractivity contribution is 0.251. The van der Waals surface area contributed by atoms with E-state index in [0.717, 1.165) is 16.9 Å². The van der Waals surface area contributed by atoms with Crippen molar-refractivity contribution in [3.63, 3.8) is 0 Å². The van der Waals surface area contributed by atoms with E-state index in [1.54, 1.807) is 19.2 Å². The van der Waals surface area contributed by atoms with Crippen molar-refractivity contribution >= 4 is 27.4 Å². The quantitative estimate of drug-likeness (QED) is 0.744. The van der Waals surface area contributed by atoms with Crippen LogP contribution in [0.4, 0.5) is 16.2 Å². The van der Waals surface area contributed by atoms with Gasteiger partial charge in [0.1, 0.15) is 5.75 Å². The molecular weight excluding hydrogens is 378 g/mol. The van der Waals surface area contributed by atoms with E-state index in [1.807, 2.05) is 37.3 Å². The Morgan fingerprint density at radius 1 is 1.21 bits per heavy atom. The molecule has 2 N–H and O–H groups in total. The van der Waals surface area contributed by atoms with Crippen molar-refractivity contribution in [3.05, 3.63) is 53.6 Å². The molecule has 0 bridgehead atoms. The van der Waals surface area contributed by atoms with Gasteiger partial charge in [-0.15, -0.1) is 0 Å². The van der Waals surface area contributed by atoms with Crippen LogP contribution in [0, 0.1) is 0 Å². The minimum atomic E-state index is -3.33. The molecule has 0 spiro atoms. The van der Waals surface area contributed by atoms with Gasteiger partial charge in [-0.3, -0.25) is 4.31 Å². The molecule has 0 unspecified atom stereocenters. The predicted octanol–water partition coefficient (Wildman–Crippen LogP) is 3.12. The molecule has 2 aromatic carbocycles. The van der Waals surface area contributed by atoms with Gasteiger partial charge in [0, 0.05) is 18.8 Å². The van der Waals surface area contributed by atoms with Crippen molar-refractivity contribution in [2.24, 2.45) is 0 Å². The Hall–Kier alpha value is -2.74. The lowest BCUT2D eigenvalue weighted by atomic mass is 10.1. The van der Waals surface area contributed by atoms with Crippen molar-refractivity contribution in [3.8, 4) is 5.75 Å². The van der Waals surface area contributed by atoms with E-state index in [1.165, 1.54) is 4.31 Å². The normalized spacial score (nSPS) is 13.1. The molecule has 0 aliphatic carbocycles. The Morgan fingerprint density at radius 3 is 2.79 bits per heavy atom. The zero-order chi connectivity index (χ0) is 20.1. The van der Waals surface area contributed by atoms with Gasteiger partial charge in [0.15, 0.2) is 0 Å². The largest absolute Gasteiger partial charge is 0.497 e. The lowest BCUT2D eigenvalue weighted by Gasteiger charge is -2.19. The van der Waals surface area contributed by atoms with Gasteiger partial charge in [0.25, 0.3) is 0 Å². The third-order valence-corrected chi connectivity index (χ3v) is 6.56. The van der Waals surface area contributed by atoms with Crippen LogP contribution in [0.1, 0.15) is 24.5 Å². The summed E-state index contributed by atoms with van der Waals surface area (Å²) in [6.45, 7) is 2.65. The highest BCUT2D eigenvalue weighted by molar-refractivity contribution is 7.92. The number of urea groups is 1. The fourth-order valence-electron chi connectivity index (χ4n) is 3.22. The summed E-state index contributed by atoms with van der Waals surface area (Å²) in [7, 11) is -1.73. The van der Waals surface area contributed by atoms with Gasteiger partial charge in [-0.2, -0.15) is 0 Å². The molecule has 2 amide bonds. The summed E-state index contributed by atoms with van der Waals surface area (Å²) >= 11 is 0. The van der Waals surface area contributed by atoms with Crippen molar-refractivity contribution < 1.29 is 17.9 Å². The highest BCUT2D eigenvalue weighted by Gasteiger charge is 2.28. The molecule has 1 heterocycles. The van der Waals surface area contributed by atoms with Gasteiger partial charge in [0.05, 0.1) is 18.6 Å². The van der Waals surface area contributed by atoms with Gasteiger partial charge < -0.3 is 15.4 Å². The molecule has 0 aromatic heterocycles. The van der Waals surface area contributed by atoms with E-state index in [9.17, 15) is 13.2 Å². The van der Waals surface area contributed by atoms with Crippen molar-refractivity contribution in [2.75, 3.05) is 29.0 Å². The second-order valence-electron chi connectivity index (χ2n) is 6.64. The van der Waals surface area contributed by atoms with E-state index in [-0.39, 0.29) is 11.8 Å². The number of methoxy groups -OCH3 is 1. The first kappa shape index (κ1) is 20.0. The minimum absolute atomic E-state index is 0.116.